The van der Waals surface area contributed by atoms with E-state index in [4.69, 9.17) is 0 Å². The number of hydrogen-bond donors (Lipinski definition) is 2. The zero-order chi connectivity index (χ0) is 10.7. The minimum absolute atomic E-state index is 0.0742. The van der Waals surface area contributed by atoms with Crippen LogP contribution in [0, 0.1) is 11.8 Å². The van der Waals surface area contributed by atoms with Crippen LogP contribution in [0.3, 0.4) is 0 Å². The van der Waals surface area contributed by atoms with Crippen LogP contribution in [0.5, 0.6) is 0 Å². The summed E-state index contributed by atoms with van der Waals surface area (Å²) in [5.41, 5.74) is 0. The van der Waals surface area contributed by atoms with E-state index in [0.717, 1.165) is 25.4 Å². The molecule has 0 aromatic rings. The Hall–Kier alpha value is -0.570. The fourth-order valence-corrected chi connectivity index (χ4v) is 2.29. The summed E-state index contributed by atoms with van der Waals surface area (Å²) in [6.45, 7) is 4.10. The Balaban J connectivity index is 1.66. The van der Waals surface area contributed by atoms with Crippen LogP contribution in [0.15, 0.2) is 0 Å². The Labute approximate surface area is 92.0 Å². The SMILES string of the molecule is CC(CNC(=O)C1CCCCN1)C1CC1. The van der Waals surface area contributed by atoms with E-state index in [0.29, 0.717) is 5.92 Å². The van der Waals surface area contributed by atoms with Gasteiger partial charge in [-0.1, -0.05) is 13.3 Å². The maximum Gasteiger partial charge on any atom is 0.237 e. The van der Waals surface area contributed by atoms with Crippen molar-refractivity contribution in [3.05, 3.63) is 0 Å². The van der Waals surface area contributed by atoms with E-state index in [1.807, 2.05) is 0 Å². The van der Waals surface area contributed by atoms with E-state index < -0.39 is 0 Å². The molecule has 0 aromatic carbocycles. The predicted molar refractivity (Wildman–Crippen MR) is 60.5 cm³/mol. The van der Waals surface area contributed by atoms with Crippen molar-refractivity contribution < 1.29 is 4.79 Å². The molecule has 1 amide bonds. The quantitative estimate of drug-likeness (QED) is 0.734. The highest BCUT2D eigenvalue weighted by Crippen LogP contribution is 2.36. The van der Waals surface area contributed by atoms with Crippen LogP contribution in [-0.2, 0) is 4.79 Å². The van der Waals surface area contributed by atoms with Crippen molar-refractivity contribution in [2.75, 3.05) is 13.1 Å². The summed E-state index contributed by atoms with van der Waals surface area (Å²) in [6.07, 6.45) is 6.12. The van der Waals surface area contributed by atoms with Gasteiger partial charge in [-0.25, -0.2) is 0 Å². The first-order chi connectivity index (χ1) is 7.27. The van der Waals surface area contributed by atoms with E-state index >= 15 is 0 Å². The molecule has 1 saturated heterocycles. The van der Waals surface area contributed by atoms with Crippen molar-refractivity contribution >= 4 is 5.91 Å². The first-order valence-electron chi connectivity index (χ1n) is 6.28. The van der Waals surface area contributed by atoms with Gasteiger partial charge in [0.25, 0.3) is 0 Å². The van der Waals surface area contributed by atoms with Gasteiger partial charge in [0.15, 0.2) is 0 Å². The van der Waals surface area contributed by atoms with E-state index in [1.165, 1.54) is 25.7 Å². The summed E-state index contributed by atoms with van der Waals surface area (Å²) in [5, 5.41) is 6.35. The van der Waals surface area contributed by atoms with Crippen LogP contribution >= 0.6 is 0 Å². The minimum Gasteiger partial charge on any atom is -0.354 e. The molecule has 3 heteroatoms. The summed E-state index contributed by atoms with van der Waals surface area (Å²) < 4.78 is 0. The van der Waals surface area contributed by atoms with Crippen molar-refractivity contribution in [2.24, 2.45) is 11.8 Å². The molecule has 2 unspecified atom stereocenters. The Morgan fingerprint density at radius 1 is 1.40 bits per heavy atom. The summed E-state index contributed by atoms with van der Waals surface area (Å²) in [4.78, 5) is 11.8. The lowest BCUT2D eigenvalue weighted by atomic mass is 10.0. The zero-order valence-electron chi connectivity index (χ0n) is 9.59. The average Bonchev–Trinajstić information content (AvgIpc) is 3.10. The van der Waals surface area contributed by atoms with Crippen molar-refractivity contribution in [3.8, 4) is 0 Å². The van der Waals surface area contributed by atoms with Gasteiger partial charge in [0, 0.05) is 6.54 Å². The molecule has 2 aliphatic rings. The van der Waals surface area contributed by atoms with Gasteiger partial charge in [0.1, 0.15) is 0 Å². The number of nitrogens with one attached hydrogen (secondary N) is 2. The fourth-order valence-electron chi connectivity index (χ4n) is 2.29. The third-order valence-electron chi connectivity index (χ3n) is 3.65. The van der Waals surface area contributed by atoms with Crippen molar-refractivity contribution in [3.63, 3.8) is 0 Å². The number of amides is 1. The van der Waals surface area contributed by atoms with E-state index in [2.05, 4.69) is 17.6 Å². The molecule has 86 valence electrons. The Kier molecular flexibility index (Phi) is 3.62. The molecule has 15 heavy (non-hydrogen) atoms. The number of rotatable bonds is 4. The number of hydrogen-bond acceptors (Lipinski definition) is 2. The molecule has 1 heterocycles. The smallest absolute Gasteiger partial charge is 0.237 e. The third kappa shape index (κ3) is 3.20. The molecule has 1 aliphatic heterocycles. The second kappa shape index (κ2) is 4.97. The lowest BCUT2D eigenvalue weighted by Crippen LogP contribution is -2.47. The van der Waals surface area contributed by atoms with Gasteiger partial charge in [0.2, 0.25) is 5.91 Å². The van der Waals surface area contributed by atoms with Crippen LogP contribution in [0.4, 0.5) is 0 Å². The van der Waals surface area contributed by atoms with E-state index in [1.54, 1.807) is 0 Å². The molecule has 1 saturated carbocycles. The number of piperidine rings is 1. The predicted octanol–water partition coefficient (Wildman–Crippen LogP) is 1.29. The van der Waals surface area contributed by atoms with Crippen molar-refractivity contribution in [1.82, 2.24) is 10.6 Å². The zero-order valence-corrected chi connectivity index (χ0v) is 9.59. The van der Waals surface area contributed by atoms with Gasteiger partial charge in [-0.15, -0.1) is 0 Å². The lowest BCUT2D eigenvalue weighted by Gasteiger charge is -2.23. The number of carbonyl (C=O) groups is 1. The van der Waals surface area contributed by atoms with E-state index in [9.17, 15) is 4.79 Å². The minimum atomic E-state index is 0.0742. The first-order valence-corrected chi connectivity index (χ1v) is 6.28. The van der Waals surface area contributed by atoms with Crippen molar-refractivity contribution in [1.29, 1.82) is 0 Å². The van der Waals surface area contributed by atoms with Crippen LogP contribution in [0.25, 0.3) is 0 Å². The molecule has 3 nitrogen and oxygen atoms in total. The Bertz CT molecular complexity index is 220. The monoisotopic (exact) mass is 210 g/mol. The summed E-state index contributed by atoms with van der Waals surface area (Å²) in [7, 11) is 0. The molecule has 2 fully saturated rings. The molecule has 2 rings (SSSR count). The van der Waals surface area contributed by atoms with Gasteiger partial charge >= 0.3 is 0 Å². The second-order valence-electron chi connectivity index (χ2n) is 5.06. The third-order valence-corrected chi connectivity index (χ3v) is 3.65. The summed E-state index contributed by atoms with van der Waals surface area (Å²) >= 11 is 0. The largest absolute Gasteiger partial charge is 0.354 e. The topological polar surface area (TPSA) is 41.1 Å². The Morgan fingerprint density at radius 3 is 2.80 bits per heavy atom. The highest BCUT2D eigenvalue weighted by molar-refractivity contribution is 5.81. The van der Waals surface area contributed by atoms with Crippen molar-refractivity contribution in [2.45, 2.75) is 45.1 Å². The average molecular weight is 210 g/mol. The molecule has 2 N–H and O–H groups in total. The normalized spacial score (nSPS) is 28.5. The molecule has 0 aromatic heterocycles. The fraction of sp³-hybridized carbons (Fsp3) is 0.917. The highest BCUT2D eigenvalue weighted by Gasteiger charge is 2.28. The molecule has 0 spiro atoms. The summed E-state index contributed by atoms with van der Waals surface area (Å²) in [5.74, 6) is 1.75. The first kappa shape index (κ1) is 10.9. The lowest BCUT2D eigenvalue weighted by molar-refractivity contribution is -0.123. The van der Waals surface area contributed by atoms with Gasteiger partial charge in [-0.05, 0) is 44.1 Å². The molecule has 1 aliphatic carbocycles. The molecule has 2 atom stereocenters. The molecule has 0 radical (unpaired) electrons. The van der Waals surface area contributed by atoms with Crippen LogP contribution in [0.1, 0.15) is 39.0 Å². The Morgan fingerprint density at radius 2 is 2.20 bits per heavy atom. The van der Waals surface area contributed by atoms with Crippen LogP contribution in [0.2, 0.25) is 0 Å². The maximum absolute atomic E-state index is 11.8. The molecular weight excluding hydrogens is 188 g/mol. The van der Waals surface area contributed by atoms with Crippen LogP contribution in [-0.4, -0.2) is 25.0 Å². The van der Waals surface area contributed by atoms with Crippen LogP contribution < -0.4 is 10.6 Å². The van der Waals surface area contributed by atoms with Gasteiger partial charge in [-0.3, -0.25) is 4.79 Å². The molecular formula is C12H22N2O. The summed E-state index contributed by atoms with van der Waals surface area (Å²) in [6, 6.07) is 0.0742. The van der Waals surface area contributed by atoms with Gasteiger partial charge in [-0.2, -0.15) is 0 Å². The standard InChI is InChI=1S/C12H22N2O/c1-9(10-5-6-10)8-14-12(15)11-4-2-3-7-13-11/h9-11,13H,2-8H2,1H3,(H,14,15). The van der Waals surface area contributed by atoms with Gasteiger partial charge < -0.3 is 10.6 Å². The van der Waals surface area contributed by atoms with Gasteiger partial charge in [0.05, 0.1) is 6.04 Å². The number of carbonyl (C=O) groups excluding carboxylic acids is 1. The van der Waals surface area contributed by atoms with E-state index in [-0.39, 0.29) is 11.9 Å². The molecule has 0 bridgehead atoms. The second-order valence-corrected chi connectivity index (χ2v) is 5.06. The highest BCUT2D eigenvalue weighted by atomic mass is 16.2. The maximum atomic E-state index is 11.8.